The minimum Gasteiger partial charge on any atom is -0.454 e. The Bertz CT molecular complexity index is 389. The molecule has 0 aromatic heterocycles. The van der Waals surface area contributed by atoms with Crippen molar-refractivity contribution in [2.24, 2.45) is 0 Å². The number of nitro benzene ring substituents is 1. The molecule has 5 nitrogen and oxygen atoms in total. The Morgan fingerprint density at radius 2 is 2.07 bits per heavy atom. The summed E-state index contributed by atoms with van der Waals surface area (Å²) in [5.41, 5.74) is 0.587. The van der Waals surface area contributed by atoms with Gasteiger partial charge in [0.05, 0.1) is 11.0 Å². The fraction of sp³-hybridized carbons (Fsp3) is 0.222. The SMILES string of the molecule is [CH2]Cc1cc2c(cc1[N+](=O)[O-])OCO2. The molecule has 0 spiro atoms. The van der Waals surface area contributed by atoms with Gasteiger partial charge in [0.25, 0.3) is 5.69 Å². The fourth-order valence-electron chi connectivity index (χ4n) is 1.34. The molecule has 1 radical (unpaired) electrons. The molecule has 0 N–H and O–H groups in total. The average molecular weight is 194 g/mol. The molecule has 0 saturated heterocycles. The number of fused-ring (bicyclic) bond motifs is 1. The number of rotatable bonds is 2. The number of nitro groups is 1. The van der Waals surface area contributed by atoms with E-state index >= 15 is 0 Å². The minimum absolute atomic E-state index is 0.0317. The molecule has 2 rings (SSSR count). The molecule has 0 bridgehead atoms. The Kier molecular flexibility index (Phi) is 1.99. The molecule has 73 valence electrons. The second kappa shape index (κ2) is 3.17. The van der Waals surface area contributed by atoms with Crippen molar-refractivity contribution in [2.45, 2.75) is 6.42 Å². The molecule has 0 fully saturated rings. The van der Waals surface area contributed by atoms with Gasteiger partial charge in [-0.25, -0.2) is 0 Å². The summed E-state index contributed by atoms with van der Waals surface area (Å²) >= 11 is 0. The Hall–Kier alpha value is -1.78. The number of hydrogen-bond donors (Lipinski definition) is 0. The van der Waals surface area contributed by atoms with Crippen LogP contribution >= 0.6 is 0 Å². The highest BCUT2D eigenvalue weighted by molar-refractivity contribution is 5.55. The predicted molar refractivity (Wildman–Crippen MR) is 48.3 cm³/mol. The first-order valence-electron chi connectivity index (χ1n) is 4.08. The zero-order valence-electron chi connectivity index (χ0n) is 7.36. The van der Waals surface area contributed by atoms with Gasteiger partial charge in [-0.3, -0.25) is 10.1 Å². The lowest BCUT2D eigenvalue weighted by atomic mass is 10.1. The van der Waals surface area contributed by atoms with Gasteiger partial charge in [0, 0.05) is 5.56 Å². The lowest BCUT2D eigenvalue weighted by Crippen LogP contribution is -1.94. The molecule has 14 heavy (non-hydrogen) atoms. The van der Waals surface area contributed by atoms with Crippen LogP contribution in [0.3, 0.4) is 0 Å². The smallest absolute Gasteiger partial charge is 0.276 e. The molecular formula is C9H8NO4. The van der Waals surface area contributed by atoms with Crippen LogP contribution in [-0.2, 0) is 6.42 Å². The highest BCUT2D eigenvalue weighted by Gasteiger charge is 2.21. The van der Waals surface area contributed by atoms with Crippen LogP contribution in [-0.4, -0.2) is 11.7 Å². The molecule has 0 unspecified atom stereocenters. The summed E-state index contributed by atoms with van der Waals surface area (Å²) in [6.45, 7) is 3.74. The van der Waals surface area contributed by atoms with Gasteiger partial charge in [0.15, 0.2) is 11.5 Å². The first-order valence-corrected chi connectivity index (χ1v) is 4.08. The molecule has 1 aromatic carbocycles. The summed E-state index contributed by atoms with van der Waals surface area (Å²) in [6, 6.07) is 2.98. The Morgan fingerprint density at radius 3 is 2.64 bits per heavy atom. The average Bonchev–Trinajstić information content (AvgIpc) is 2.62. The zero-order chi connectivity index (χ0) is 10.1. The van der Waals surface area contributed by atoms with Crippen LogP contribution in [0.15, 0.2) is 12.1 Å². The molecular weight excluding hydrogens is 186 g/mol. The molecule has 1 aliphatic rings. The standard InChI is InChI=1S/C9H8NO4/c1-2-6-3-8-9(14-5-13-8)4-7(6)10(11)12/h3-4H,1-2,5H2. The van der Waals surface area contributed by atoms with Crippen molar-refractivity contribution < 1.29 is 14.4 Å². The van der Waals surface area contributed by atoms with E-state index in [1.807, 2.05) is 0 Å². The quantitative estimate of drug-likeness (QED) is 0.531. The Morgan fingerprint density at radius 1 is 1.43 bits per heavy atom. The summed E-state index contributed by atoms with van der Waals surface area (Å²) < 4.78 is 10.1. The fourth-order valence-corrected chi connectivity index (χ4v) is 1.34. The predicted octanol–water partition coefficient (Wildman–Crippen LogP) is 1.70. The monoisotopic (exact) mass is 194 g/mol. The van der Waals surface area contributed by atoms with E-state index in [9.17, 15) is 10.1 Å². The van der Waals surface area contributed by atoms with Crippen molar-refractivity contribution in [1.29, 1.82) is 0 Å². The number of ether oxygens (including phenoxy) is 2. The first kappa shape index (κ1) is 8.80. The van der Waals surface area contributed by atoms with E-state index in [0.29, 0.717) is 23.5 Å². The van der Waals surface area contributed by atoms with Crippen molar-refractivity contribution in [3.8, 4) is 11.5 Å². The number of hydrogen-bond acceptors (Lipinski definition) is 4. The van der Waals surface area contributed by atoms with Gasteiger partial charge in [-0.05, 0) is 19.4 Å². The van der Waals surface area contributed by atoms with E-state index in [0.717, 1.165) is 0 Å². The van der Waals surface area contributed by atoms with Crippen LogP contribution in [0, 0.1) is 17.0 Å². The lowest BCUT2D eigenvalue weighted by molar-refractivity contribution is -0.385. The molecule has 0 aliphatic carbocycles. The van der Waals surface area contributed by atoms with E-state index in [1.54, 1.807) is 6.07 Å². The van der Waals surface area contributed by atoms with Crippen LogP contribution in [0.1, 0.15) is 5.56 Å². The van der Waals surface area contributed by atoms with Crippen LogP contribution < -0.4 is 9.47 Å². The summed E-state index contributed by atoms with van der Waals surface area (Å²) in [4.78, 5) is 10.2. The summed E-state index contributed by atoms with van der Waals surface area (Å²) in [7, 11) is 0. The van der Waals surface area contributed by atoms with Crippen molar-refractivity contribution in [1.82, 2.24) is 0 Å². The van der Waals surface area contributed by atoms with E-state index in [4.69, 9.17) is 9.47 Å². The molecule has 0 atom stereocenters. The normalized spacial score (nSPS) is 12.9. The topological polar surface area (TPSA) is 61.6 Å². The second-order valence-electron chi connectivity index (χ2n) is 2.84. The maximum absolute atomic E-state index is 10.7. The van der Waals surface area contributed by atoms with E-state index in [2.05, 4.69) is 6.92 Å². The van der Waals surface area contributed by atoms with Gasteiger partial charge in [-0.2, -0.15) is 0 Å². The highest BCUT2D eigenvalue weighted by atomic mass is 16.7. The third kappa shape index (κ3) is 1.26. The van der Waals surface area contributed by atoms with Crippen LogP contribution in [0.2, 0.25) is 0 Å². The van der Waals surface area contributed by atoms with Gasteiger partial charge < -0.3 is 9.47 Å². The van der Waals surface area contributed by atoms with Gasteiger partial charge in [-0.15, -0.1) is 0 Å². The maximum atomic E-state index is 10.7. The van der Waals surface area contributed by atoms with Crippen LogP contribution in [0.5, 0.6) is 11.5 Å². The minimum atomic E-state index is -0.442. The third-order valence-electron chi connectivity index (χ3n) is 2.04. The van der Waals surface area contributed by atoms with Gasteiger partial charge in [-0.1, -0.05) is 0 Å². The molecule has 1 aromatic rings. The molecule has 1 aliphatic heterocycles. The van der Waals surface area contributed by atoms with E-state index in [1.165, 1.54) is 6.07 Å². The van der Waals surface area contributed by atoms with Crippen molar-refractivity contribution >= 4 is 5.69 Å². The van der Waals surface area contributed by atoms with Gasteiger partial charge >= 0.3 is 0 Å². The van der Waals surface area contributed by atoms with Crippen molar-refractivity contribution in [3.05, 3.63) is 34.7 Å². The Balaban J connectivity index is 2.54. The highest BCUT2D eigenvalue weighted by Crippen LogP contribution is 2.37. The second-order valence-corrected chi connectivity index (χ2v) is 2.84. The Labute approximate surface area is 80.4 Å². The van der Waals surface area contributed by atoms with E-state index < -0.39 is 4.92 Å². The molecule has 0 amide bonds. The maximum Gasteiger partial charge on any atom is 0.276 e. The summed E-state index contributed by atoms with van der Waals surface area (Å²) in [6.07, 6.45) is 0.354. The molecule has 0 saturated carbocycles. The molecule has 5 heteroatoms. The van der Waals surface area contributed by atoms with Crippen molar-refractivity contribution in [3.63, 3.8) is 0 Å². The third-order valence-corrected chi connectivity index (χ3v) is 2.04. The summed E-state index contributed by atoms with van der Waals surface area (Å²) in [5, 5.41) is 10.7. The number of benzene rings is 1. The van der Waals surface area contributed by atoms with Crippen molar-refractivity contribution in [2.75, 3.05) is 6.79 Å². The zero-order valence-corrected chi connectivity index (χ0v) is 7.36. The number of nitrogens with zero attached hydrogens (tertiary/aromatic N) is 1. The molecule has 1 heterocycles. The van der Waals surface area contributed by atoms with Gasteiger partial charge in [0.2, 0.25) is 6.79 Å². The van der Waals surface area contributed by atoms with E-state index in [-0.39, 0.29) is 12.5 Å². The van der Waals surface area contributed by atoms with Crippen LogP contribution in [0.4, 0.5) is 5.69 Å². The lowest BCUT2D eigenvalue weighted by Gasteiger charge is -2.01. The van der Waals surface area contributed by atoms with Crippen LogP contribution in [0.25, 0.3) is 0 Å². The van der Waals surface area contributed by atoms with Gasteiger partial charge in [0.1, 0.15) is 0 Å². The summed E-state index contributed by atoms with van der Waals surface area (Å²) in [5.74, 6) is 0.975. The largest absolute Gasteiger partial charge is 0.454 e. The first-order chi connectivity index (χ1) is 6.72.